The number of thiophene rings is 1. The molecule has 0 unspecified atom stereocenters. The van der Waals surface area contributed by atoms with Crippen molar-refractivity contribution >= 4 is 43.3 Å². The first-order valence-corrected chi connectivity index (χ1v) is 8.97. The van der Waals surface area contributed by atoms with Crippen molar-refractivity contribution in [3.8, 4) is 0 Å². The topological polar surface area (TPSA) is 101 Å². The highest BCUT2D eigenvalue weighted by Crippen LogP contribution is 2.31. The number of carboxylic acids is 1. The second-order valence-electron chi connectivity index (χ2n) is 4.11. The lowest BCUT2D eigenvalue weighted by Gasteiger charge is -2.06. The predicted molar refractivity (Wildman–Crippen MR) is 81.0 cm³/mol. The molecular weight excluding hydrogens is 382 g/mol. The number of imidazole rings is 1. The first kappa shape index (κ1) is 16.1. The lowest BCUT2D eigenvalue weighted by molar-refractivity contribution is 0.0702. The first-order chi connectivity index (χ1) is 9.90. The van der Waals surface area contributed by atoms with Crippen molar-refractivity contribution in [1.29, 1.82) is 0 Å². The number of nitrogens with zero attached hydrogens (tertiary/aromatic N) is 2. The van der Waals surface area contributed by atoms with Gasteiger partial charge in [0.05, 0.1) is 10.1 Å². The summed E-state index contributed by atoms with van der Waals surface area (Å²) >= 11 is 3.96. The zero-order valence-corrected chi connectivity index (χ0v) is 13.9. The summed E-state index contributed by atoms with van der Waals surface area (Å²) in [6, 6.07) is 1.15. The fourth-order valence-corrected chi connectivity index (χ4v) is 5.08. The van der Waals surface area contributed by atoms with Gasteiger partial charge in [0, 0.05) is 25.5 Å². The lowest BCUT2D eigenvalue weighted by atomic mass is 10.4. The maximum atomic E-state index is 12.1. The Morgan fingerprint density at radius 1 is 1.52 bits per heavy atom. The van der Waals surface area contributed by atoms with Crippen LogP contribution in [0.3, 0.4) is 0 Å². The Morgan fingerprint density at radius 3 is 2.86 bits per heavy atom. The minimum atomic E-state index is -3.72. The molecule has 0 saturated heterocycles. The number of sulfonamides is 1. The Morgan fingerprint density at radius 2 is 2.29 bits per heavy atom. The molecule has 2 N–H and O–H groups in total. The second-order valence-corrected chi connectivity index (χ2v) is 8.21. The summed E-state index contributed by atoms with van der Waals surface area (Å²) in [6.07, 6.45) is 5.70. The number of aryl methyl sites for hydroxylation is 1. The summed E-state index contributed by atoms with van der Waals surface area (Å²) in [7, 11) is -3.72. The highest BCUT2D eigenvalue weighted by Gasteiger charge is 2.22. The minimum Gasteiger partial charge on any atom is -0.477 e. The van der Waals surface area contributed by atoms with Gasteiger partial charge in [0.15, 0.2) is 0 Å². The first-order valence-electron chi connectivity index (χ1n) is 5.88. The van der Waals surface area contributed by atoms with Crippen molar-refractivity contribution < 1.29 is 18.3 Å². The molecule has 2 aromatic heterocycles. The number of nitrogens with one attached hydrogen (secondary N) is 1. The van der Waals surface area contributed by atoms with Crippen LogP contribution in [0.2, 0.25) is 0 Å². The molecule has 0 radical (unpaired) electrons. The summed E-state index contributed by atoms with van der Waals surface area (Å²) in [5.41, 5.74) is 0. The maximum Gasteiger partial charge on any atom is 0.345 e. The molecule has 0 bridgehead atoms. The molecule has 2 aromatic rings. The van der Waals surface area contributed by atoms with Crippen LogP contribution >= 0.6 is 27.3 Å². The van der Waals surface area contributed by atoms with E-state index in [1.807, 2.05) is 4.57 Å². The van der Waals surface area contributed by atoms with Crippen molar-refractivity contribution in [2.75, 3.05) is 6.54 Å². The van der Waals surface area contributed by atoms with Gasteiger partial charge in [0.1, 0.15) is 9.77 Å². The molecule has 0 atom stereocenters. The third-order valence-corrected chi connectivity index (χ3v) is 6.30. The third kappa shape index (κ3) is 4.13. The zero-order valence-electron chi connectivity index (χ0n) is 10.7. The molecule has 0 saturated carbocycles. The highest BCUT2D eigenvalue weighted by atomic mass is 79.9. The highest BCUT2D eigenvalue weighted by molar-refractivity contribution is 9.11. The molecule has 0 aliphatic carbocycles. The van der Waals surface area contributed by atoms with Gasteiger partial charge in [-0.2, -0.15) is 0 Å². The van der Waals surface area contributed by atoms with Gasteiger partial charge in [-0.15, -0.1) is 11.3 Å². The van der Waals surface area contributed by atoms with Crippen molar-refractivity contribution in [1.82, 2.24) is 14.3 Å². The molecule has 7 nitrogen and oxygen atoms in total. The van der Waals surface area contributed by atoms with Crippen LogP contribution in [-0.4, -0.2) is 35.6 Å². The van der Waals surface area contributed by atoms with E-state index in [4.69, 9.17) is 5.11 Å². The summed E-state index contributed by atoms with van der Waals surface area (Å²) < 4.78 is 28.8. The quantitative estimate of drug-likeness (QED) is 0.697. The van der Waals surface area contributed by atoms with Gasteiger partial charge < -0.3 is 9.67 Å². The molecule has 2 heterocycles. The summed E-state index contributed by atoms with van der Waals surface area (Å²) in [4.78, 5) is 14.7. The summed E-state index contributed by atoms with van der Waals surface area (Å²) in [5.74, 6) is -1.15. The normalized spacial score (nSPS) is 11.7. The fourth-order valence-electron chi connectivity index (χ4n) is 1.61. The third-order valence-electron chi connectivity index (χ3n) is 2.60. The predicted octanol–water partition coefficient (Wildman–Crippen LogP) is 1.77. The van der Waals surface area contributed by atoms with Gasteiger partial charge in [-0.05, 0) is 28.4 Å². The van der Waals surface area contributed by atoms with Crippen LogP contribution in [0, 0.1) is 0 Å². The van der Waals surface area contributed by atoms with Crippen LogP contribution in [0.15, 0.2) is 33.5 Å². The van der Waals surface area contributed by atoms with Crippen molar-refractivity contribution in [3.63, 3.8) is 0 Å². The largest absolute Gasteiger partial charge is 0.477 e. The van der Waals surface area contributed by atoms with E-state index < -0.39 is 16.0 Å². The van der Waals surface area contributed by atoms with Gasteiger partial charge in [-0.1, -0.05) is 0 Å². The van der Waals surface area contributed by atoms with Gasteiger partial charge in [-0.25, -0.2) is 22.9 Å². The zero-order chi connectivity index (χ0) is 15.5. The Bertz CT molecular complexity index is 725. The Labute approximate surface area is 133 Å². The molecule has 0 aliphatic rings. The fraction of sp³-hybridized carbons (Fsp3) is 0.273. The van der Waals surface area contributed by atoms with E-state index in [0.717, 1.165) is 17.4 Å². The van der Waals surface area contributed by atoms with E-state index >= 15 is 0 Å². The second kappa shape index (κ2) is 6.69. The Kier molecular flexibility index (Phi) is 5.14. The van der Waals surface area contributed by atoms with Crippen LogP contribution in [-0.2, 0) is 16.6 Å². The monoisotopic (exact) mass is 393 g/mol. The van der Waals surface area contributed by atoms with Crippen LogP contribution in [0.4, 0.5) is 0 Å². The van der Waals surface area contributed by atoms with E-state index in [9.17, 15) is 13.2 Å². The van der Waals surface area contributed by atoms with Gasteiger partial charge in [0.25, 0.3) is 0 Å². The van der Waals surface area contributed by atoms with Crippen LogP contribution < -0.4 is 4.72 Å². The standard InChI is InChI=1S/C11H12BrN3O4S2/c12-10-9(6-8(20-10)11(16)17)21(18,19)14-2-1-4-15-5-3-13-7-15/h3,5-7,14H,1-2,4H2,(H,16,17). The molecule has 114 valence electrons. The van der Waals surface area contributed by atoms with Gasteiger partial charge in [0.2, 0.25) is 10.0 Å². The van der Waals surface area contributed by atoms with E-state index in [1.54, 1.807) is 18.7 Å². The number of carboxylic acid groups (broad SMARTS) is 1. The molecule has 0 amide bonds. The van der Waals surface area contributed by atoms with E-state index in [1.165, 1.54) is 0 Å². The summed E-state index contributed by atoms with van der Waals surface area (Å²) in [6.45, 7) is 0.902. The molecule has 0 aromatic carbocycles. The molecule has 2 rings (SSSR count). The average Bonchev–Trinajstić information content (AvgIpc) is 3.04. The van der Waals surface area contributed by atoms with Crippen LogP contribution in [0.25, 0.3) is 0 Å². The molecular formula is C11H12BrN3O4S2. The van der Waals surface area contributed by atoms with Crippen LogP contribution in [0.5, 0.6) is 0 Å². The van der Waals surface area contributed by atoms with E-state index in [-0.39, 0.29) is 20.1 Å². The molecule has 0 fully saturated rings. The molecule has 0 aliphatic heterocycles. The molecule has 0 spiro atoms. The SMILES string of the molecule is O=C(O)c1cc(S(=O)(=O)NCCCn2ccnc2)c(Br)s1. The number of rotatable bonds is 7. The van der Waals surface area contributed by atoms with Crippen molar-refractivity contribution in [2.24, 2.45) is 0 Å². The number of hydrogen-bond acceptors (Lipinski definition) is 5. The van der Waals surface area contributed by atoms with E-state index in [0.29, 0.717) is 13.0 Å². The molecule has 21 heavy (non-hydrogen) atoms. The smallest absolute Gasteiger partial charge is 0.345 e. The van der Waals surface area contributed by atoms with Gasteiger partial charge in [-0.3, -0.25) is 0 Å². The summed E-state index contributed by atoms with van der Waals surface area (Å²) in [5, 5.41) is 8.87. The lowest BCUT2D eigenvalue weighted by Crippen LogP contribution is -2.25. The Hall–Kier alpha value is -1.23. The number of aromatic carboxylic acids is 1. The maximum absolute atomic E-state index is 12.1. The van der Waals surface area contributed by atoms with Crippen LogP contribution in [0.1, 0.15) is 16.1 Å². The van der Waals surface area contributed by atoms with Crippen molar-refractivity contribution in [2.45, 2.75) is 17.9 Å². The molecule has 10 heteroatoms. The average molecular weight is 394 g/mol. The number of hydrogen-bond donors (Lipinski definition) is 2. The number of halogens is 1. The minimum absolute atomic E-state index is 0.0272. The Balaban J connectivity index is 1.96. The number of carbonyl (C=O) groups is 1. The van der Waals surface area contributed by atoms with Crippen molar-refractivity contribution in [3.05, 3.63) is 33.5 Å². The van der Waals surface area contributed by atoms with E-state index in [2.05, 4.69) is 25.6 Å². The van der Waals surface area contributed by atoms with Gasteiger partial charge >= 0.3 is 5.97 Å². The number of aromatic nitrogens is 2.